The summed E-state index contributed by atoms with van der Waals surface area (Å²) in [5.74, 6) is 0.328. The van der Waals surface area contributed by atoms with E-state index < -0.39 is 13.6 Å². The molecule has 2 aliphatic rings. The lowest BCUT2D eigenvalue weighted by Crippen LogP contribution is -2.39. The number of hydrogen-bond acceptors (Lipinski definition) is 8. The molecule has 2 aromatic rings. The molecule has 2 fully saturated rings. The second-order valence-corrected chi connectivity index (χ2v) is 6.68. The molecule has 116 valence electrons. The van der Waals surface area contributed by atoms with Gasteiger partial charge in [0.25, 0.3) is 0 Å². The van der Waals surface area contributed by atoms with Crippen LogP contribution in [0.3, 0.4) is 0 Å². The van der Waals surface area contributed by atoms with Crippen molar-refractivity contribution in [1.82, 2.24) is 19.5 Å². The van der Waals surface area contributed by atoms with Crippen LogP contribution in [-0.2, 0) is 18.6 Å². The largest absolute Gasteiger partial charge is 0.504 e. The molecule has 2 aromatic heterocycles. The van der Waals surface area contributed by atoms with Crippen LogP contribution in [0.5, 0.6) is 0 Å². The Bertz CT molecular complexity index is 752. The zero-order valence-corrected chi connectivity index (χ0v) is 12.8. The summed E-state index contributed by atoms with van der Waals surface area (Å²) in [4.78, 5) is 12.4. The second kappa shape index (κ2) is 4.92. The molecule has 2 saturated heterocycles. The van der Waals surface area contributed by atoms with Crippen LogP contribution in [-0.4, -0.2) is 51.1 Å². The van der Waals surface area contributed by atoms with E-state index in [9.17, 15) is 4.57 Å². The first-order valence-electron chi connectivity index (χ1n) is 6.84. The fraction of sp³-hybridized carbons (Fsp3) is 0.583. The van der Waals surface area contributed by atoms with Crippen LogP contribution >= 0.6 is 8.03 Å². The molecular formula is C12H15N5O4P+. The fourth-order valence-corrected chi connectivity index (χ4v) is 3.39. The molecule has 0 aliphatic carbocycles. The Hall–Kier alpha value is -1.67. The van der Waals surface area contributed by atoms with Crippen LogP contribution in [0.2, 0.25) is 0 Å². The van der Waals surface area contributed by atoms with Gasteiger partial charge >= 0.3 is 8.03 Å². The van der Waals surface area contributed by atoms with Crippen molar-refractivity contribution in [2.75, 3.05) is 25.6 Å². The molecule has 0 aromatic carbocycles. The van der Waals surface area contributed by atoms with E-state index in [1.165, 1.54) is 13.0 Å². The summed E-state index contributed by atoms with van der Waals surface area (Å²) in [7, 11) is -1.67. The van der Waals surface area contributed by atoms with E-state index in [-0.39, 0.29) is 18.9 Å². The fourth-order valence-electron chi connectivity index (χ4n) is 2.98. The number of anilines is 1. The van der Waals surface area contributed by atoms with E-state index in [0.717, 1.165) is 0 Å². The van der Waals surface area contributed by atoms with Crippen molar-refractivity contribution in [2.45, 2.75) is 24.4 Å². The van der Waals surface area contributed by atoms with E-state index >= 15 is 0 Å². The Morgan fingerprint density at radius 2 is 2.41 bits per heavy atom. The number of nitrogens with two attached hydrogens (primary N) is 1. The topological polar surface area (TPSA) is 114 Å². The number of imidazole rings is 1. The number of aromatic nitrogens is 4. The van der Waals surface area contributed by atoms with E-state index in [1.54, 1.807) is 10.9 Å². The minimum Gasteiger partial charge on any atom is -0.382 e. The lowest BCUT2D eigenvalue weighted by molar-refractivity contribution is -0.179. The van der Waals surface area contributed by atoms with Gasteiger partial charge in [-0.25, -0.2) is 15.0 Å². The summed E-state index contributed by atoms with van der Waals surface area (Å²) >= 11 is 0. The molecular weight excluding hydrogens is 309 g/mol. The van der Waals surface area contributed by atoms with E-state index in [4.69, 9.17) is 19.7 Å². The molecule has 10 heteroatoms. The van der Waals surface area contributed by atoms with Crippen LogP contribution in [0, 0.1) is 0 Å². The predicted octanol–water partition coefficient (Wildman–Crippen LogP) is 0.854. The van der Waals surface area contributed by atoms with Crippen LogP contribution < -0.4 is 5.73 Å². The highest BCUT2D eigenvalue weighted by Crippen LogP contribution is 2.46. The summed E-state index contributed by atoms with van der Waals surface area (Å²) in [5.41, 5.74) is 6.38. The molecule has 0 saturated carbocycles. The molecule has 2 N–H and O–H groups in total. The predicted molar refractivity (Wildman–Crippen MR) is 76.4 cm³/mol. The highest BCUT2D eigenvalue weighted by atomic mass is 31.1. The maximum absolute atomic E-state index is 11.2. The van der Waals surface area contributed by atoms with Gasteiger partial charge in [0.2, 0.25) is 0 Å². The Morgan fingerprint density at radius 1 is 1.55 bits per heavy atom. The molecule has 4 rings (SSSR count). The minimum absolute atomic E-state index is 0.119. The van der Waals surface area contributed by atoms with Gasteiger partial charge < -0.3 is 15.2 Å². The smallest absolute Gasteiger partial charge is 0.382 e. The average Bonchev–Trinajstić information content (AvgIpc) is 3.18. The first-order chi connectivity index (χ1) is 10.6. The van der Waals surface area contributed by atoms with E-state index in [2.05, 4.69) is 15.0 Å². The highest BCUT2D eigenvalue weighted by Gasteiger charge is 2.55. The molecule has 2 bridgehead atoms. The summed E-state index contributed by atoms with van der Waals surface area (Å²) in [5, 5.41) is 0. The van der Waals surface area contributed by atoms with Crippen molar-refractivity contribution in [2.24, 2.45) is 0 Å². The molecule has 22 heavy (non-hydrogen) atoms. The average molecular weight is 324 g/mol. The third-order valence-corrected chi connectivity index (χ3v) is 4.49. The van der Waals surface area contributed by atoms with Crippen LogP contribution in [0.1, 0.15) is 12.6 Å². The van der Waals surface area contributed by atoms with Crippen molar-refractivity contribution < 1.29 is 18.6 Å². The van der Waals surface area contributed by atoms with Gasteiger partial charge in [-0.3, -0.25) is 4.57 Å². The Morgan fingerprint density at radius 3 is 3.23 bits per heavy atom. The standard InChI is InChI=1S/C12H15N5O4P/c1-22(18)20-4-12-2-7(19-3-12)11(21-12)17-6-16-8-9(13)14-5-15-10(8)17/h5-7,11H,2-4H2,1H3,(H2,13,14,15)/q+1/t7-,11-,12-/m1/s1. The first-order valence-corrected chi connectivity index (χ1v) is 8.47. The summed E-state index contributed by atoms with van der Waals surface area (Å²) in [6, 6.07) is 0. The SMILES string of the molecule is C[P+](=O)OC[C@]12CO[C@H](C1)[C@H](n1cnc3c(N)ncnc31)O2. The quantitative estimate of drug-likeness (QED) is 0.823. The number of hydrogen-bond donors (Lipinski definition) is 1. The monoisotopic (exact) mass is 324 g/mol. The van der Waals surface area contributed by atoms with Crippen molar-refractivity contribution in [3.63, 3.8) is 0 Å². The van der Waals surface area contributed by atoms with Crippen LogP contribution in [0.15, 0.2) is 12.7 Å². The molecule has 0 amide bonds. The molecule has 4 atom stereocenters. The lowest BCUT2D eigenvalue weighted by Gasteiger charge is -2.29. The Balaban J connectivity index is 1.64. The van der Waals surface area contributed by atoms with Gasteiger partial charge in [-0.1, -0.05) is 0 Å². The van der Waals surface area contributed by atoms with Gasteiger partial charge in [0, 0.05) is 6.42 Å². The van der Waals surface area contributed by atoms with Gasteiger partial charge in [0.05, 0.1) is 12.9 Å². The van der Waals surface area contributed by atoms with Gasteiger partial charge in [0.15, 0.2) is 24.4 Å². The second-order valence-electron chi connectivity index (χ2n) is 5.54. The number of rotatable bonds is 4. The third-order valence-electron chi connectivity index (χ3n) is 3.99. The maximum Gasteiger partial charge on any atom is 0.504 e. The van der Waals surface area contributed by atoms with Gasteiger partial charge in [0.1, 0.15) is 30.2 Å². The van der Waals surface area contributed by atoms with Crippen molar-refractivity contribution in [1.29, 1.82) is 0 Å². The number of fused-ring (bicyclic) bond motifs is 3. The molecule has 0 radical (unpaired) electrons. The first kappa shape index (κ1) is 14.0. The minimum atomic E-state index is -1.67. The maximum atomic E-state index is 11.2. The highest BCUT2D eigenvalue weighted by molar-refractivity contribution is 7.38. The van der Waals surface area contributed by atoms with Crippen molar-refractivity contribution in [3.8, 4) is 0 Å². The number of ether oxygens (including phenoxy) is 2. The lowest BCUT2D eigenvalue weighted by atomic mass is 10.0. The molecule has 1 unspecified atom stereocenters. The number of nitrogen functional groups attached to an aromatic ring is 1. The van der Waals surface area contributed by atoms with Crippen LogP contribution in [0.25, 0.3) is 11.2 Å². The molecule has 2 aliphatic heterocycles. The number of nitrogens with zero attached hydrogens (tertiary/aromatic N) is 4. The zero-order valence-electron chi connectivity index (χ0n) is 11.9. The van der Waals surface area contributed by atoms with Gasteiger partial charge in [-0.2, -0.15) is 0 Å². The Labute approximate surface area is 126 Å². The van der Waals surface area contributed by atoms with Crippen molar-refractivity contribution in [3.05, 3.63) is 12.7 Å². The summed E-state index contributed by atoms with van der Waals surface area (Å²) < 4.78 is 30.1. The molecule has 4 heterocycles. The normalized spacial score (nSPS) is 31.0. The van der Waals surface area contributed by atoms with Crippen LogP contribution in [0.4, 0.5) is 5.82 Å². The summed E-state index contributed by atoms with van der Waals surface area (Å²) in [6.07, 6.45) is 3.23. The van der Waals surface area contributed by atoms with E-state index in [0.29, 0.717) is 30.0 Å². The van der Waals surface area contributed by atoms with Gasteiger partial charge in [-0.05, 0) is 4.57 Å². The molecule has 0 spiro atoms. The third kappa shape index (κ3) is 2.09. The molecule has 9 nitrogen and oxygen atoms in total. The van der Waals surface area contributed by atoms with Crippen molar-refractivity contribution >= 4 is 25.0 Å². The van der Waals surface area contributed by atoms with Gasteiger partial charge in [-0.15, -0.1) is 4.52 Å². The summed E-state index contributed by atoms with van der Waals surface area (Å²) in [6.45, 7) is 2.20. The van der Waals surface area contributed by atoms with E-state index in [1.807, 2.05) is 0 Å². The zero-order chi connectivity index (χ0) is 15.3. The Kier molecular flexibility index (Phi) is 3.12.